The summed E-state index contributed by atoms with van der Waals surface area (Å²) >= 11 is 0. The molecule has 26 heavy (non-hydrogen) atoms. The van der Waals surface area contributed by atoms with Gasteiger partial charge in [-0.25, -0.2) is 0 Å². The van der Waals surface area contributed by atoms with Crippen LogP contribution in [0.1, 0.15) is 18.4 Å². The van der Waals surface area contributed by atoms with Gasteiger partial charge in [0.25, 0.3) is 0 Å². The molecule has 4 nitrogen and oxygen atoms in total. The van der Waals surface area contributed by atoms with Crippen molar-refractivity contribution in [2.75, 3.05) is 13.2 Å². The maximum atomic E-state index is 12.1. The standard InChI is InChI=1S/C16H16F6O4/c17-15(18,19)9-25-13(23)12(14(24)26-10-16(20,21)22)8-4-7-11-5-2-1-3-6-11/h1-3,5-6,12H,4,7-10H2. The first-order valence-electron chi connectivity index (χ1n) is 7.48. The van der Waals surface area contributed by atoms with Gasteiger partial charge in [-0.2, -0.15) is 26.3 Å². The third kappa shape index (κ3) is 9.28. The molecule has 0 N–H and O–H groups in total. The Bertz CT molecular complexity index is 553. The van der Waals surface area contributed by atoms with Gasteiger partial charge in [0.1, 0.15) is 0 Å². The highest BCUT2D eigenvalue weighted by atomic mass is 19.4. The first-order chi connectivity index (χ1) is 12.0. The second-order valence-corrected chi connectivity index (χ2v) is 5.38. The highest BCUT2D eigenvalue weighted by Crippen LogP contribution is 2.20. The fourth-order valence-corrected chi connectivity index (χ4v) is 1.99. The van der Waals surface area contributed by atoms with Gasteiger partial charge in [-0.05, 0) is 24.8 Å². The third-order valence-electron chi connectivity index (χ3n) is 3.13. The largest absolute Gasteiger partial charge is 0.455 e. The average Bonchev–Trinajstić information content (AvgIpc) is 2.54. The van der Waals surface area contributed by atoms with Crippen LogP contribution >= 0.6 is 0 Å². The molecule has 0 radical (unpaired) electrons. The number of halogens is 6. The topological polar surface area (TPSA) is 52.6 Å². The van der Waals surface area contributed by atoms with E-state index in [1.54, 1.807) is 30.3 Å². The zero-order valence-electron chi connectivity index (χ0n) is 13.4. The van der Waals surface area contributed by atoms with Gasteiger partial charge in [0.15, 0.2) is 19.1 Å². The van der Waals surface area contributed by atoms with E-state index in [0.29, 0.717) is 6.42 Å². The van der Waals surface area contributed by atoms with Crippen LogP contribution in [0, 0.1) is 5.92 Å². The van der Waals surface area contributed by atoms with Crippen molar-refractivity contribution in [2.45, 2.75) is 31.6 Å². The molecule has 146 valence electrons. The quantitative estimate of drug-likeness (QED) is 0.387. The van der Waals surface area contributed by atoms with Crippen molar-refractivity contribution >= 4 is 11.9 Å². The van der Waals surface area contributed by atoms with Gasteiger partial charge in [-0.15, -0.1) is 0 Å². The second kappa shape index (κ2) is 9.44. The fourth-order valence-electron chi connectivity index (χ4n) is 1.99. The molecule has 0 saturated heterocycles. The van der Waals surface area contributed by atoms with Crippen LogP contribution in [-0.4, -0.2) is 37.5 Å². The van der Waals surface area contributed by atoms with Gasteiger partial charge in [0.05, 0.1) is 0 Å². The number of carbonyl (C=O) groups excluding carboxylic acids is 2. The molecule has 0 aliphatic carbocycles. The van der Waals surface area contributed by atoms with Crippen molar-refractivity contribution in [1.82, 2.24) is 0 Å². The van der Waals surface area contributed by atoms with Gasteiger partial charge >= 0.3 is 24.3 Å². The molecule has 0 aliphatic heterocycles. The molecule has 1 rings (SSSR count). The molecule has 0 aliphatic rings. The molecule has 1 aromatic carbocycles. The number of alkyl halides is 6. The number of aryl methyl sites for hydroxylation is 1. The summed E-state index contributed by atoms with van der Waals surface area (Å²) in [6, 6.07) is 8.73. The minimum atomic E-state index is -4.82. The summed E-state index contributed by atoms with van der Waals surface area (Å²) in [7, 11) is 0. The number of hydrogen-bond acceptors (Lipinski definition) is 4. The summed E-state index contributed by atoms with van der Waals surface area (Å²) in [6.07, 6.45) is -9.41. The van der Waals surface area contributed by atoms with Crippen molar-refractivity contribution < 1.29 is 45.4 Å². The molecule has 0 spiro atoms. The lowest BCUT2D eigenvalue weighted by Crippen LogP contribution is -2.33. The molecule has 0 unspecified atom stereocenters. The molecule has 0 amide bonds. The number of benzene rings is 1. The first kappa shape index (κ1) is 21.8. The molecule has 0 fully saturated rings. The second-order valence-electron chi connectivity index (χ2n) is 5.38. The predicted molar refractivity (Wildman–Crippen MR) is 76.9 cm³/mol. The van der Waals surface area contributed by atoms with Gasteiger partial charge in [0, 0.05) is 0 Å². The Morgan fingerprint density at radius 2 is 1.31 bits per heavy atom. The molecule has 1 aromatic rings. The summed E-state index contributed by atoms with van der Waals surface area (Å²) in [5.41, 5.74) is 0.832. The molecule has 0 saturated carbocycles. The van der Waals surface area contributed by atoms with Crippen LogP contribution in [0.15, 0.2) is 30.3 Å². The lowest BCUT2D eigenvalue weighted by molar-refractivity contribution is -0.199. The highest BCUT2D eigenvalue weighted by Gasteiger charge is 2.37. The van der Waals surface area contributed by atoms with E-state index in [1.807, 2.05) is 0 Å². The zero-order valence-corrected chi connectivity index (χ0v) is 13.4. The number of hydrogen-bond donors (Lipinski definition) is 0. The van der Waals surface area contributed by atoms with Crippen LogP contribution < -0.4 is 0 Å². The number of ether oxygens (including phenoxy) is 2. The van der Waals surface area contributed by atoms with Gasteiger partial charge < -0.3 is 9.47 Å². The summed E-state index contributed by atoms with van der Waals surface area (Å²) < 4.78 is 80.7. The monoisotopic (exact) mass is 386 g/mol. The van der Waals surface area contributed by atoms with Gasteiger partial charge in [-0.1, -0.05) is 30.3 Å². The van der Waals surface area contributed by atoms with Crippen LogP contribution in [0.25, 0.3) is 0 Å². The minimum absolute atomic E-state index is 0.164. The van der Waals surface area contributed by atoms with E-state index in [0.717, 1.165) is 5.56 Å². The average molecular weight is 386 g/mol. The SMILES string of the molecule is O=C(OCC(F)(F)F)C(CCCc1ccccc1)C(=O)OCC(F)(F)F. The Kier molecular flexibility index (Phi) is 7.91. The Balaban J connectivity index is 2.67. The summed E-state index contributed by atoms with van der Waals surface area (Å²) in [5.74, 6) is -4.99. The first-order valence-corrected chi connectivity index (χ1v) is 7.48. The van der Waals surface area contributed by atoms with Crippen LogP contribution in [-0.2, 0) is 25.5 Å². The van der Waals surface area contributed by atoms with E-state index in [-0.39, 0.29) is 12.8 Å². The summed E-state index contributed by atoms with van der Waals surface area (Å²) in [5, 5.41) is 0. The maximum Gasteiger partial charge on any atom is 0.422 e. The number of rotatable bonds is 8. The smallest absolute Gasteiger partial charge is 0.422 e. The van der Waals surface area contributed by atoms with Crippen molar-refractivity contribution in [3.05, 3.63) is 35.9 Å². The lowest BCUT2D eigenvalue weighted by atomic mass is 9.99. The van der Waals surface area contributed by atoms with Crippen molar-refractivity contribution in [3.63, 3.8) is 0 Å². The zero-order chi connectivity index (χ0) is 19.8. The minimum Gasteiger partial charge on any atom is -0.455 e. The summed E-state index contributed by atoms with van der Waals surface area (Å²) in [6.45, 7) is -3.87. The Morgan fingerprint density at radius 1 is 0.846 bits per heavy atom. The lowest BCUT2D eigenvalue weighted by Gasteiger charge is -2.16. The van der Waals surface area contributed by atoms with Crippen LogP contribution in [0.4, 0.5) is 26.3 Å². The van der Waals surface area contributed by atoms with E-state index in [1.165, 1.54) is 0 Å². The molecular formula is C16H16F6O4. The molecule has 0 aromatic heterocycles. The molecule has 0 bridgehead atoms. The van der Waals surface area contributed by atoms with E-state index in [4.69, 9.17) is 0 Å². The molecular weight excluding hydrogens is 370 g/mol. The number of esters is 2. The van der Waals surface area contributed by atoms with Crippen LogP contribution in [0.3, 0.4) is 0 Å². The summed E-state index contributed by atoms with van der Waals surface area (Å²) in [4.78, 5) is 23.4. The Hall–Kier alpha value is -2.26. The Morgan fingerprint density at radius 3 is 1.73 bits per heavy atom. The van der Waals surface area contributed by atoms with E-state index >= 15 is 0 Å². The number of carbonyl (C=O) groups is 2. The van der Waals surface area contributed by atoms with E-state index in [2.05, 4.69) is 9.47 Å². The predicted octanol–water partition coefficient (Wildman–Crippen LogP) is 3.84. The maximum absolute atomic E-state index is 12.1. The van der Waals surface area contributed by atoms with Crippen molar-refractivity contribution in [3.8, 4) is 0 Å². The van der Waals surface area contributed by atoms with Crippen LogP contribution in [0.5, 0.6) is 0 Å². The van der Waals surface area contributed by atoms with Gasteiger partial charge in [0.2, 0.25) is 0 Å². The van der Waals surface area contributed by atoms with Crippen molar-refractivity contribution in [1.29, 1.82) is 0 Å². The fraction of sp³-hybridized carbons (Fsp3) is 0.500. The highest BCUT2D eigenvalue weighted by molar-refractivity contribution is 5.94. The third-order valence-corrected chi connectivity index (χ3v) is 3.13. The molecule has 0 heterocycles. The van der Waals surface area contributed by atoms with Crippen LogP contribution in [0.2, 0.25) is 0 Å². The van der Waals surface area contributed by atoms with Crippen molar-refractivity contribution in [2.24, 2.45) is 5.92 Å². The van der Waals surface area contributed by atoms with E-state index < -0.39 is 43.4 Å². The van der Waals surface area contributed by atoms with Gasteiger partial charge in [-0.3, -0.25) is 9.59 Å². The normalized spacial score (nSPS) is 12.1. The van der Waals surface area contributed by atoms with E-state index in [9.17, 15) is 35.9 Å². The Labute approximate surface area is 145 Å². The molecule has 10 heteroatoms. The molecule has 0 atom stereocenters.